The molecule has 0 atom stereocenters. The van der Waals surface area contributed by atoms with Gasteiger partial charge in [-0.15, -0.1) is 0 Å². The van der Waals surface area contributed by atoms with Gasteiger partial charge in [0.25, 0.3) is 0 Å². The van der Waals surface area contributed by atoms with Crippen molar-refractivity contribution in [2.24, 2.45) is 0 Å². The van der Waals surface area contributed by atoms with Crippen LogP contribution < -0.4 is 5.73 Å². The molecule has 0 radical (unpaired) electrons. The van der Waals surface area contributed by atoms with Crippen LogP contribution in [-0.4, -0.2) is 4.98 Å². The fraction of sp³-hybridized carbons (Fsp3) is 0.0714. The number of fused-ring (bicyclic) bond motifs is 1. The molecule has 0 fully saturated rings. The van der Waals surface area contributed by atoms with Crippen LogP contribution in [0.25, 0.3) is 22.6 Å². The molecule has 19 heavy (non-hydrogen) atoms. The molecule has 0 amide bonds. The molecule has 1 aromatic heterocycles. The zero-order valence-electron chi connectivity index (χ0n) is 10.1. The lowest BCUT2D eigenvalue weighted by atomic mass is 10.1. The molecule has 0 saturated carbocycles. The van der Waals surface area contributed by atoms with Crippen molar-refractivity contribution in [3.63, 3.8) is 0 Å². The first-order valence-corrected chi connectivity index (χ1v) is 7.26. The highest BCUT2D eigenvalue weighted by atomic mass is 79.9. The number of halogens is 2. The second-order valence-corrected chi connectivity index (χ2v) is 5.92. The van der Waals surface area contributed by atoms with Crippen molar-refractivity contribution in [3.05, 3.63) is 44.8 Å². The Morgan fingerprint density at radius 3 is 2.68 bits per heavy atom. The first-order valence-electron chi connectivity index (χ1n) is 5.68. The molecule has 2 N–H and O–H groups in total. The Kier molecular flexibility index (Phi) is 3.11. The van der Waals surface area contributed by atoms with Gasteiger partial charge in [-0.1, -0.05) is 18.2 Å². The number of aryl methyl sites for hydroxylation is 1. The number of nitrogens with zero attached hydrogens (tertiary/aromatic N) is 1. The van der Waals surface area contributed by atoms with E-state index in [-0.39, 0.29) is 0 Å². The fourth-order valence-electron chi connectivity index (χ4n) is 1.94. The lowest BCUT2D eigenvalue weighted by molar-refractivity contribution is 0.617. The summed E-state index contributed by atoms with van der Waals surface area (Å²) in [7, 11) is 0. The molecule has 0 aliphatic carbocycles. The van der Waals surface area contributed by atoms with Crippen molar-refractivity contribution in [1.29, 1.82) is 0 Å². The maximum atomic E-state index is 5.94. The molecule has 0 unspecified atom stereocenters. The van der Waals surface area contributed by atoms with E-state index in [0.717, 1.165) is 25.6 Å². The maximum Gasteiger partial charge on any atom is 0.227 e. The molecule has 0 spiro atoms. The van der Waals surface area contributed by atoms with Gasteiger partial charge in [0.15, 0.2) is 5.58 Å². The lowest BCUT2D eigenvalue weighted by Crippen LogP contribution is -1.88. The lowest BCUT2D eigenvalue weighted by Gasteiger charge is -2.00. The molecule has 96 valence electrons. The van der Waals surface area contributed by atoms with Crippen LogP contribution in [0.3, 0.4) is 0 Å². The number of hydrogen-bond acceptors (Lipinski definition) is 3. The van der Waals surface area contributed by atoms with Gasteiger partial charge in [-0.05, 0) is 56.5 Å². The van der Waals surface area contributed by atoms with Crippen molar-refractivity contribution in [3.8, 4) is 11.5 Å². The summed E-state index contributed by atoms with van der Waals surface area (Å²) in [5.41, 5.74) is 10.1. The fourth-order valence-corrected chi connectivity index (χ4v) is 3.12. The second-order valence-electron chi connectivity index (χ2n) is 4.27. The van der Waals surface area contributed by atoms with E-state index in [1.165, 1.54) is 0 Å². The summed E-state index contributed by atoms with van der Waals surface area (Å²) in [5, 5.41) is 0. The standard InChI is InChI=1S/C14H10Br2N2O/c1-7-4-2-3-5-8(7)14-18-10-6-9(15)12(17)11(16)13(10)19-14/h2-6H,17H2,1H3. The van der Waals surface area contributed by atoms with Crippen LogP contribution >= 0.6 is 31.9 Å². The van der Waals surface area contributed by atoms with E-state index in [1.54, 1.807) is 0 Å². The van der Waals surface area contributed by atoms with E-state index in [1.807, 2.05) is 37.3 Å². The molecular formula is C14H10Br2N2O. The second kappa shape index (κ2) is 4.65. The maximum absolute atomic E-state index is 5.94. The first-order chi connectivity index (χ1) is 9.08. The molecule has 0 aliphatic rings. The largest absolute Gasteiger partial charge is 0.435 e. The number of nitrogen functional groups attached to an aromatic ring is 1. The average Bonchev–Trinajstić information content (AvgIpc) is 2.80. The molecule has 1 heterocycles. The molecule has 2 aromatic carbocycles. The van der Waals surface area contributed by atoms with E-state index in [0.29, 0.717) is 17.2 Å². The Hall–Kier alpha value is -1.33. The van der Waals surface area contributed by atoms with Gasteiger partial charge in [-0.25, -0.2) is 4.98 Å². The van der Waals surface area contributed by atoms with E-state index in [2.05, 4.69) is 36.8 Å². The minimum absolute atomic E-state index is 0.603. The van der Waals surface area contributed by atoms with Gasteiger partial charge in [-0.3, -0.25) is 0 Å². The number of anilines is 1. The molecule has 0 saturated heterocycles. The van der Waals surface area contributed by atoms with E-state index >= 15 is 0 Å². The first kappa shape index (κ1) is 12.7. The Balaban J connectivity index is 2.29. The summed E-state index contributed by atoms with van der Waals surface area (Å²) in [6.07, 6.45) is 0. The van der Waals surface area contributed by atoms with Gasteiger partial charge in [-0.2, -0.15) is 0 Å². The third kappa shape index (κ3) is 2.07. The summed E-state index contributed by atoms with van der Waals surface area (Å²) in [5.74, 6) is 0.603. The predicted octanol–water partition coefficient (Wildman–Crippen LogP) is 4.91. The van der Waals surface area contributed by atoms with Gasteiger partial charge in [0.05, 0.1) is 10.2 Å². The molecule has 3 nitrogen and oxygen atoms in total. The molecule has 3 rings (SSSR count). The van der Waals surface area contributed by atoms with Gasteiger partial charge in [0, 0.05) is 10.0 Å². The highest BCUT2D eigenvalue weighted by Gasteiger charge is 2.15. The summed E-state index contributed by atoms with van der Waals surface area (Å²) < 4.78 is 7.37. The Morgan fingerprint density at radius 2 is 1.95 bits per heavy atom. The summed E-state index contributed by atoms with van der Waals surface area (Å²) in [4.78, 5) is 4.52. The van der Waals surface area contributed by atoms with Gasteiger partial charge < -0.3 is 10.2 Å². The SMILES string of the molecule is Cc1ccccc1-c1nc2cc(Br)c(N)c(Br)c2o1. The Labute approximate surface area is 127 Å². The minimum Gasteiger partial charge on any atom is -0.435 e. The highest BCUT2D eigenvalue weighted by Crippen LogP contribution is 2.38. The molecular weight excluding hydrogens is 372 g/mol. The average molecular weight is 382 g/mol. The molecule has 0 aliphatic heterocycles. The van der Waals surface area contributed by atoms with Crippen LogP contribution in [0.4, 0.5) is 5.69 Å². The van der Waals surface area contributed by atoms with Crippen molar-refractivity contribution in [2.45, 2.75) is 6.92 Å². The van der Waals surface area contributed by atoms with Gasteiger partial charge in [0.2, 0.25) is 5.89 Å². The number of nitrogens with two attached hydrogens (primary N) is 1. The van der Waals surface area contributed by atoms with E-state index in [4.69, 9.17) is 10.2 Å². The summed E-state index contributed by atoms with van der Waals surface area (Å²) in [6.45, 7) is 2.03. The van der Waals surface area contributed by atoms with Crippen LogP contribution in [-0.2, 0) is 0 Å². The zero-order chi connectivity index (χ0) is 13.6. The van der Waals surface area contributed by atoms with E-state index in [9.17, 15) is 0 Å². The monoisotopic (exact) mass is 380 g/mol. The van der Waals surface area contributed by atoms with Gasteiger partial charge in [0.1, 0.15) is 5.52 Å². The molecule has 3 aromatic rings. The number of oxazole rings is 1. The van der Waals surface area contributed by atoms with Crippen LogP contribution in [0.1, 0.15) is 5.56 Å². The predicted molar refractivity (Wildman–Crippen MR) is 84.0 cm³/mol. The summed E-state index contributed by atoms with van der Waals surface area (Å²) in [6, 6.07) is 9.85. The van der Waals surface area contributed by atoms with Crippen LogP contribution in [0.15, 0.2) is 43.7 Å². The van der Waals surface area contributed by atoms with Gasteiger partial charge >= 0.3 is 0 Å². The quantitative estimate of drug-likeness (QED) is 0.609. The molecule has 5 heteroatoms. The minimum atomic E-state index is 0.603. The highest BCUT2D eigenvalue weighted by molar-refractivity contribution is 9.11. The Bertz CT molecular complexity index is 780. The van der Waals surface area contributed by atoms with Crippen molar-refractivity contribution in [1.82, 2.24) is 4.98 Å². The summed E-state index contributed by atoms with van der Waals surface area (Å²) >= 11 is 6.86. The normalized spacial score (nSPS) is 11.1. The number of aromatic nitrogens is 1. The Morgan fingerprint density at radius 1 is 1.21 bits per heavy atom. The molecule has 0 bridgehead atoms. The number of rotatable bonds is 1. The topological polar surface area (TPSA) is 52.0 Å². The van der Waals surface area contributed by atoms with Crippen molar-refractivity contribution in [2.75, 3.05) is 5.73 Å². The van der Waals surface area contributed by atoms with Crippen LogP contribution in [0.2, 0.25) is 0 Å². The van der Waals surface area contributed by atoms with Crippen LogP contribution in [0, 0.1) is 6.92 Å². The number of benzene rings is 2. The third-order valence-electron chi connectivity index (χ3n) is 2.99. The van der Waals surface area contributed by atoms with E-state index < -0.39 is 0 Å². The number of hydrogen-bond donors (Lipinski definition) is 1. The van der Waals surface area contributed by atoms with Crippen molar-refractivity contribution >= 4 is 48.6 Å². The smallest absolute Gasteiger partial charge is 0.227 e. The third-order valence-corrected chi connectivity index (χ3v) is 4.43. The zero-order valence-corrected chi connectivity index (χ0v) is 13.2. The van der Waals surface area contributed by atoms with Crippen LogP contribution in [0.5, 0.6) is 0 Å². The van der Waals surface area contributed by atoms with Crippen molar-refractivity contribution < 1.29 is 4.42 Å².